The second kappa shape index (κ2) is 6.20. The molecule has 0 heterocycles. The molecule has 3 heteroatoms. The van der Waals surface area contributed by atoms with Crippen LogP contribution < -0.4 is 10.6 Å². The molecule has 1 atom stereocenters. The Morgan fingerprint density at radius 3 is 2.89 bits per heavy atom. The van der Waals surface area contributed by atoms with Gasteiger partial charge in [0.15, 0.2) is 0 Å². The zero-order valence-corrected chi connectivity index (χ0v) is 12.1. The second-order valence-electron chi connectivity index (χ2n) is 5.71. The van der Waals surface area contributed by atoms with Crippen LogP contribution in [0, 0.1) is 0 Å². The smallest absolute Gasteiger partial charge is 0.217 e. The van der Waals surface area contributed by atoms with Crippen LogP contribution in [0.1, 0.15) is 56.3 Å². The molecule has 3 nitrogen and oxygen atoms in total. The van der Waals surface area contributed by atoms with Crippen LogP contribution in [0.15, 0.2) is 18.2 Å². The molecule has 1 amide bonds. The van der Waals surface area contributed by atoms with Gasteiger partial charge in [-0.25, -0.2) is 0 Å². The largest absolute Gasteiger partial charge is 0.350 e. The number of hydrogen-bond donors (Lipinski definition) is 2. The van der Waals surface area contributed by atoms with Crippen LogP contribution in [-0.2, 0) is 17.8 Å². The molecule has 1 aliphatic carbocycles. The molecule has 19 heavy (non-hydrogen) atoms. The Labute approximate surface area is 115 Å². The van der Waals surface area contributed by atoms with Gasteiger partial charge in [-0.3, -0.25) is 4.79 Å². The number of carbonyl (C=O) groups is 1. The van der Waals surface area contributed by atoms with Gasteiger partial charge < -0.3 is 10.6 Å². The van der Waals surface area contributed by atoms with Gasteiger partial charge in [-0.1, -0.05) is 32.0 Å². The minimum absolute atomic E-state index is 0.0587. The number of carbonyl (C=O) groups excluding carboxylic acids is 1. The quantitative estimate of drug-likeness (QED) is 0.874. The van der Waals surface area contributed by atoms with E-state index in [1.54, 1.807) is 6.92 Å². The van der Waals surface area contributed by atoms with Crippen LogP contribution in [0.4, 0.5) is 0 Å². The molecule has 0 saturated carbocycles. The van der Waals surface area contributed by atoms with Crippen LogP contribution in [0.25, 0.3) is 0 Å². The molecule has 0 spiro atoms. The van der Waals surface area contributed by atoms with E-state index in [-0.39, 0.29) is 11.9 Å². The van der Waals surface area contributed by atoms with Crippen molar-refractivity contribution >= 4 is 5.91 Å². The fourth-order valence-electron chi connectivity index (χ4n) is 2.69. The maximum atomic E-state index is 11.2. The van der Waals surface area contributed by atoms with Crippen molar-refractivity contribution in [2.24, 2.45) is 0 Å². The zero-order chi connectivity index (χ0) is 13.8. The first-order chi connectivity index (χ1) is 9.06. The lowest BCUT2D eigenvalue weighted by Gasteiger charge is -2.26. The molecule has 1 aliphatic rings. The highest BCUT2D eigenvalue weighted by Crippen LogP contribution is 2.30. The first-order valence-electron chi connectivity index (χ1n) is 7.18. The molecule has 0 bridgehead atoms. The number of rotatable bonds is 4. The van der Waals surface area contributed by atoms with E-state index in [0.717, 1.165) is 25.8 Å². The van der Waals surface area contributed by atoms with Crippen molar-refractivity contribution in [1.82, 2.24) is 10.6 Å². The Kier molecular flexibility index (Phi) is 4.59. The van der Waals surface area contributed by atoms with Crippen molar-refractivity contribution in [3.05, 3.63) is 34.9 Å². The summed E-state index contributed by atoms with van der Waals surface area (Å²) in [5.74, 6) is 0.0587. The van der Waals surface area contributed by atoms with Crippen molar-refractivity contribution in [2.45, 2.75) is 58.7 Å². The van der Waals surface area contributed by atoms with Gasteiger partial charge in [-0.05, 0) is 36.0 Å². The van der Waals surface area contributed by atoms with Gasteiger partial charge >= 0.3 is 0 Å². The summed E-state index contributed by atoms with van der Waals surface area (Å²) in [5, 5.41) is 6.50. The monoisotopic (exact) mass is 260 g/mol. The van der Waals surface area contributed by atoms with E-state index in [1.165, 1.54) is 16.7 Å². The van der Waals surface area contributed by atoms with Crippen molar-refractivity contribution in [3.8, 4) is 0 Å². The Balaban J connectivity index is 2.13. The highest BCUT2D eigenvalue weighted by molar-refractivity contribution is 5.73. The standard InChI is InChI=1S/C16H24N2O/c1-11(2)17-10-13-7-8-15-14(9-13)5-4-6-16(15)18-12(3)19/h7-9,11,16-17H,4-6,10H2,1-3H3,(H,18,19)/t16-/m1/s1. The number of nitrogens with one attached hydrogen (secondary N) is 2. The van der Waals surface area contributed by atoms with E-state index in [0.29, 0.717) is 6.04 Å². The lowest BCUT2D eigenvalue weighted by molar-refractivity contribution is -0.119. The van der Waals surface area contributed by atoms with Crippen molar-refractivity contribution in [2.75, 3.05) is 0 Å². The maximum Gasteiger partial charge on any atom is 0.217 e. The molecule has 0 aliphatic heterocycles. The lowest BCUT2D eigenvalue weighted by atomic mass is 9.86. The molecule has 2 rings (SSSR count). The third-order valence-electron chi connectivity index (χ3n) is 3.61. The molecule has 2 N–H and O–H groups in total. The predicted molar refractivity (Wildman–Crippen MR) is 77.9 cm³/mol. The fourth-order valence-corrected chi connectivity index (χ4v) is 2.69. The molecular weight excluding hydrogens is 236 g/mol. The van der Waals surface area contributed by atoms with Gasteiger partial charge in [0.2, 0.25) is 5.91 Å². The summed E-state index contributed by atoms with van der Waals surface area (Å²) in [6.45, 7) is 6.82. The van der Waals surface area contributed by atoms with Gasteiger partial charge in [-0.15, -0.1) is 0 Å². The van der Waals surface area contributed by atoms with Crippen molar-refractivity contribution in [1.29, 1.82) is 0 Å². The SMILES string of the molecule is CC(=O)N[C@@H]1CCCc2cc(CNC(C)C)ccc21. The Morgan fingerprint density at radius 2 is 2.21 bits per heavy atom. The average molecular weight is 260 g/mol. The molecule has 0 fully saturated rings. The van der Waals surface area contributed by atoms with Crippen molar-refractivity contribution < 1.29 is 4.79 Å². The summed E-state index contributed by atoms with van der Waals surface area (Å²) < 4.78 is 0. The summed E-state index contributed by atoms with van der Waals surface area (Å²) in [4.78, 5) is 11.2. The zero-order valence-electron chi connectivity index (χ0n) is 12.1. The third-order valence-corrected chi connectivity index (χ3v) is 3.61. The molecule has 1 aromatic rings. The number of amides is 1. The summed E-state index contributed by atoms with van der Waals surface area (Å²) >= 11 is 0. The lowest BCUT2D eigenvalue weighted by Crippen LogP contribution is -2.29. The van der Waals surface area contributed by atoms with Crippen LogP contribution >= 0.6 is 0 Å². The Bertz CT molecular complexity index is 454. The van der Waals surface area contributed by atoms with E-state index < -0.39 is 0 Å². The molecule has 0 radical (unpaired) electrons. The predicted octanol–water partition coefficient (Wildman–Crippen LogP) is 2.70. The number of aryl methyl sites for hydroxylation is 1. The van der Waals surface area contributed by atoms with Crippen LogP contribution in [0.2, 0.25) is 0 Å². The fraction of sp³-hybridized carbons (Fsp3) is 0.562. The summed E-state index contributed by atoms with van der Waals surface area (Å²) in [6.07, 6.45) is 3.33. The normalized spacial score (nSPS) is 18.2. The first kappa shape index (κ1) is 14.1. The maximum absolute atomic E-state index is 11.2. The van der Waals surface area contributed by atoms with E-state index in [2.05, 4.69) is 42.7 Å². The third kappa shape index (κ3) is 3.80. The van der Waals surface area contributed by atoms with E-state index in [1.807, 2.05) is 0 Å². The van der Waals surface area contributed by atoms with Gasteiger partial charge in [0.1, 0.15) is 0 Å². The van der Waals surface area contributed by atoms with Gasteiger partial charge in [0.05, 0.1) is 6.04 Å². The topological polar surface area (TPSA) is 41.1 Å². The molecular formula is C16H24N2O. The number of hydrogen-bond acceptors (Lipinski definition) is 2. The molecule has 1 aromatic carbocycles. The molecule has 104 valence electrons. The molecule has 0 saturated heterocycles. The summed E-state index contributed by atoms with van der Waals surface area (Å²) in [6, 6.07) is 7.36. The molecule has 0 unspecified atom stereocenters. The van der Waals surface area contributed by atoms with Gasteiger partial charge in [0.25, 0.3) is 0 Å². The minimum Gasteiger partial charge on any atom is -0.350 e. The van der Waals surface area contributed by atoms with Crippen LogP contribution in [0.3, 0.4) is 0 Å². The summed E-state index contributed by atoms with van der Waals surface area (Å²) in [7, 11) is 0. The van der Waals surface area contributed by atoms with E-state index in [4.69, 9.17) is 0 Å². The second-order valence-corrected chi connectivity index (χ2v) is 5.71. The Hall–Kier alpha value is -1.35. The summed E-state index contributed by atoms with van der Waals surface area (Å²) in [5.41, 5.74) is 4.03. The number of fused-ring (bicyclic) bond motifs is 1. The van der Waals surface area contributed by atoms with Crippen LogP contribution in [-0.4, -0.2) is 11.9 Å². The average Bonchev–Trinajstić information content (AvgIpc) is 2.35. The van der Waals surface area contributed by atoms with E-state index >= 15 is 0 Å². The minimum atomic E-state index is 0.0587. The number of benzene rings is 1. The first-order valence-corrected chi connectivity index (χ1v) is 7.18. The van der Waals surface area contributed by atoms with Crippen molar-refractivity contribution in [3.63, 3.8) is 0 Å². The van der Waals surface area contributed by atoms with E-state index in [9.17, 15) is 4.79 Å². The highest BCUT2D eigenvalue weighted by atomic mass is 16.1. The molecule has 0 aromatic heterocycles. The van der Waals surface area contributed by atoms with Gasteiger partial charge in [0, 0.05) is 19.5 Å². The van der Waals surface area contributed by atoms with Crippen LogP contribution in [0.5, 0.6) is 0 Å². The van der Waals surface area contributed by atoms with Gasteiger partial charge in [-0.2, -0.15) is 0 Å². The Morgan fingerprint density at radius 1 is 1.42 bits per heavy atom. The highest BCUT2D eigenvalue weighted by Gasteiger charge is 2.20.